The lowest BCUT2D eigenvalue weighted by Crippen LogP contribution is -2.57. The number of rotatable bonds is 3. The molecule has 1 aromatic heterocycles. The van der Waals surface area contributed by atoms with E-state index < -0.39 is 10.0 Å². The topological polar surface area (TPSA) is 105 Å². The molecule has 1 saturated heterocycles. The summed E-state index contributed by atoms with van der Waals surface area (Å²) in [7, 11) is -3.78. The summed E-state index contributed by atoms with van der Waals surface area (Å²) in [5.41, 5.74) is 2.95. The van der Waals surface area contributed by atoms with E-state index in [1.807, 2.05) is 53.4 Å². The average molecular weight is 483 g/mol. The number of nitrogens with zero attached hydrogens (tertiary/aromatic N) is 3. The number of amides is 1. The molecule has 0 radical (unpaired) electrons. The van der Waals surface area contributed by atoms with Crippen LogP contribution in [0.25, 0.3) is 11.1 Å². The van der Waals surface area contributed by atoms with Crippen LogP contribution in [0.1, 0.15) is 11.5 Å². The number of benzene rings is 2. The first kappa shape index (κ1) is 22.6. The lowest BCUT2D eigenvalue weighted by Gasteiger charge is -2.39. The largest absolute Gasteiger partial charge is 0.490 e. The Hall–Kier alpha value is -3.21. The maximum atomic E-state index is 13.3. The Labute approximate surface area is 198 Å². The number of aryl methyl sites for hydroxylation is 2. The first-order valence-corrected chi connectivity index (χ1v) is 12.6. The van der Waals surface area contributed by atoms with E-state index in [-0.39, 0.29) is 48.8 Å². The number of aromatic nitrogens is 1. The van der Waals surface area contributed by atoms with Crippen molar-refractivity contribution in [1.82, 2.24) is 14.4 Å². The average Bonchev–Trinajstić information content (AvgIpc) is 3.20. The van der Waals surface area contributed by atoms with Gasteiger partial charge in [-0.2, -0.15) is 4.31 Å². The van der Waals surface area contributed by atoms with Crippen LogP contribution >= 0.6 is 0 Å². The molecular weight excluding hydrogens is 456 g/mol. The summed E-state index contributed by atoms with van der Waals surface area (Å²) in [4.78, 5) is 14.9. The highest BCUT2D eigenvalue weighted by atomic mass is 32.2. The van der Waals surface area contributed by atoms with E-state index in [0.717, 1.165) is 11.1 Å². The van der Waals surface area contributed by atoms with Crippen LogP contribution in [0.15, 0.2) is 57.9 Å². The summed E-state index contributed by atoms with van der Waals surface area (Å²) >= 11 is 0. The molecule has 3 aromatic rings. The molecule has 9 nitrogen and oxygen atoms in total. The van der Waals surface area contributed by atoms with Crippen LogP contribution in [0.3, 0.4) is 0 Å². The van der Waals surface area contributed by atoms with Crippen molar-refractivity contribution in [1.29, 1.82) is 0 Å². The fourth-order valence-corrected chi connectivity index (χ4v) is 6.30. The third-order valence-electron chi connectivity index (χ3n) is 6.27. The van der Waals surface area contributed by atoms with Gasteiger partial charge in [0.2, 0.25) is 15.9 Å². The van der Waals surface area contributed by atoms with Gasteiger partial charge in [-0.05, 0) is 37.1 Å². The molecule has 1 N–H and O–H groups in total. The zero-order valence-corrected chi connectivity index (χ0v) is 19.8. The van der Waals surface area contributed by atoms with Crippen LogP contribution in [0.5, 0.6) is 5.75 Å². The number of piperazine rings is 1. The second kappa shape index (κ2) is 8.86. The van der Waals surface area contributed by atoms with Gasteiger partial charge in [0.25, 0.3) is 0 Å². The SMILES string of the molecule is Cc1noc(C)c1S(=O)(=O)N1CCN2CC(=O)Nc3cc(-c4ccccc4)ccc3OC[C@@H]2C1. The van der Waals surface area contributed by atoms with Gasteiger partial charge in [0, 0.05) is 19.6 Å². The Kier molecular flexibility index (Phi) is 5.88. The number of anilines is 1. The van der Waals surface area contributed by atoms with Gasteiger partial charge in [0.05, 0.1) is 18.3 Å². The fraction of sp³-hybridized carbons (Fsp3) is 0.333. The summed E-state index contributed by atoms with van der Waals surface area (Å²) in [6.45, 7) is 4.50. The number of hydrogen-bond acceptors (Lipinski definition) is 7. The van der Waals surface area contributed by atoms with Crippen molar-refractivity contribution in [2.45, 2.75) is 24.8 Å². The van der Waals surface area contributed by atoms with Crippen molar-refractivity contribution in [3.05, 3.63) is 60.0 Å². The molecule has 1 amide bonds. The quantitative estimate of drug-likeness (QED) is 0.612. The van der Waals surface area contributed by atoms with E-state index in [9.17, 15) is 13.2 Å². The predicted molar refractivity (Wildman–Crippen MR) is 126 cm³/mol. The minimum atomic E-state index is -3.78. The van der Waals surface area contributed by atoms with Gasteiger partial charge in [0.15, 0.2) is 5.76 Å². The minimum absolute atomic E-state index is 0.112. The molecule has 2 aliphatic heterocycles. The van der Waals surface area contributed by atoms with Crippen molar-refractivity contribution >= 4 is 21.6 Å². The van der Waals surface area contributed by atoms with Crippen LogP contribution in [0, 0.1) is 13.8 Å². The van der Waals surface area contributed by atoms with Gasteiger partial charge in [-0.25, -0.2) is 8.42 Å². The summed E-state index contributed by atoms with van der Waals surface area (Å²) in [5, 5.41) is 6.76. The third-order valence-corrected chi connectivity index (χ3v) is 8.38. The first-order valence-electron chi connectivity index (χ1n) is 11.1. The van der Waals surface area contributed by atoms with Crippen molar-refractivity contribution < 1.29 is 22.5 Å². The molecule has 2 aromatic carbocycles. The van der Waals surface area contributed by atoms with Gasteiger partial charge in [0.1, 0.15) is 22.9 Å². The number of sulfonamides is 1. The van der Waals surface area contributed by atoms with Crippen molar-refractivity contribution in [3.8, 4) is 16.9 Å². The molecule has 3 heterocycles. The smallest absolute Gasteiger partial charge is 0.248 e. The maximum Gasteiger partial charge on any atom is 0.248 e. The Morgan fingerprint density at radius 3 is 2.59 bits per heavy atom. The van der Waals surface area contributed by atoms with Crippen LogP contribution < -0.4 is 10.1 Å². The number of carbonyl (C=O) groups is 1. The van der Waals surface area contributed by atoms with Crippen molar-refractivity contribution in [2.24, 2.45) is 0 Å². The minimum Gasteiger partial charge on any atom is -0.490 e. The van der Waals surface area contributed by atoms with Crippen molar-refractivity contribution in [3.63, 3.8) is 0 Å². The van der Waals surface area contributed by atoms with E-state index in [2.05, 4.69) is 10.5 Å². The molecule has 5 rings (SSSR count). The molecule has 0 bridgehead atoms. The van der Waals surface area contributed by atoms with E-state index in [0.29, 0.717) is 23.7 Å². The fourth-order valence-electron chi connectivity index (χ4n) is 4.54. The van der Waals surface area contributed by atoms with Gasteiger partial charge in [-0.15, -0.1) is 0 Å². The van der Waals surface area contributed by atoms with Crippen molar-refractivity contribution in [2.75, 3.05) is 38.1 Å². The monoisotopic (exact) mass is 482 g/mol. The highest BCUT2D eigenvalue weighted by Crippen LogP contribution is 2.32. The zero-order valence-electron chi connectivity index (χ0n) is 19.0. The summed E-state index contributed by atoms with van der Waals surface area (Å²) in [6.07, 6.45) is 0. The molecule has 10 heteroatoms. The Bertz CT molecular complexity index is 1300. The van der Waals surface area contributed by atoms with Gasteiger partial charge >= 0.3 is 0 Å². The third kappa shape index (κ3) is 4.20. The van der Waals surface area contributed by atoms with Gasteiger partial charge < -0.3 is 14.6 Å². The van der Waals surface area contributed by atoms with Gasteiger partial charge in [-0.1, -0.05) is 41.6 Å². The molecule has 34 heavy (non-hydrogen) atoms. The van der Waals surface area contributed by atoms with Crippen LogP contribution in [0.4, 0.5) is 5.69 Å². The van der Waals surface area contributed by atoms with E-state index in [4.69, 9.17) is 9.26 Å². The molecule has 1 fully saturated rings. The van der Waals surface area contributed by atoms with E-state index in [1.165, 1.54) is 4.31 Å². The first-order chi connectivity index (χ1) is 16.3. The molecule has 0 saturated carbocycles. The van der Waals surface area contributed by atoms with Crippen LogP contribution in [-0.2, 0) is 14.8 Å². The molecular formula is C24H26N4O5S. The van der Waals surface area contributed by atoms with E-state index >= 15 is 0 Å². The van der Waals surface area contributed by atoms with Crippen LogP contribution in [0.2, 0.25) is 0 Å². The number of hydrogen-bond donors (Lipinski definition) is 1. The number of ether oxygens (including phenoxy) is 1. The highest BCUT2D eigenvalue weighted by molar-refractivity contribution is 7.89. The Morgan fingerprint density at radius 1 is 1.06 bits per heavy atom. The summed E-state index contributed by atoms with van der Waals surface area (Å²) in [5.74, 6) is 0.665. The maximum absolute atomic E-state index is 13.3. The Balaban J connectivity index is 1.40. The lowest BCUT2D eigenvalue weighted by molar-refractivity contribution is -0.118. The second-order valence-corrected chi connectivity index (χ2v) is 10.5. The normalized spacial score (nSPS) is 19.7. The summed E-state index contributed by atoms with van der Waals surface area (Å²) in [6, 6.07) is 15.3. The molecule has 2 aliphatic rings. The van der Waals surface area contributed by atoms with Gasteiger partial charge in [-0.3, -0.25) is 9.69 Å². The van der Waals surface area contributed by atoms with Crippen LogP contribution in [-0.4, -0.2) is 67.5 Å². The highest BCUT2D eigenvalue weighted by Gasteiger charge is 2.38. The Morgan fingerprint density at radius 2 is 1.85 bits per heavy atom. The predicted octanol–water partition coefficient (Wildman–Crippen LogP) is 2.66. The summed E-state index contributed by atoms with van der Waals surface area (Å²) < 4.78 is 39.2. The molecule has 178 valence electrons. The molecule has 0 unspecified atom stereocenters. The number of carbonyl (C=O) groups excluding carboxylic acids is 1. The number of nitrogens with one attached hydrogen (secondary N) is 1. The standard InChI is InChI=1S/C24H26N4O5S/c1-16-24(17(2)33-26-16)34(30,31)28-11-10-27-14-23(29)25-21-12-19(18-6-4-3-5-7-18)8-9-22(21)32-15-20(27)13-28/h3-9,12,20H,10-11,13-15H2,1-2H3,(H,25,29)/t20-/m0/s1. The second-order valence-electron chi connectivity index (χ2n) is 8.58. The van der Waals surface area contributed by atoms with E-state index in [1.54, 1.807) is 13.8 Å². The zero-order chi connectivity index (χ0) is 23.9. The molecule has 0 aliphatic carbocycles. The number of fused-ring (bicyclic) bond motifs is 2. The molecule has 0 spiro atoms. The lowest BCUT2D eigenvalue weighted by atomic mass is 10.0. The molecule has 1 atom stereocenters.